The average Bonchev–Trinajstić information content (AvgIpc) is 2.60. The fourth-order valence-corrected chi connectivity index (χ4v) is 3.90. The fourth-order valence-electron chi connectivity index (χ4n) is 2.47. The lowest BCUT2D eigenvalue weighted by Gasteiger charge is -2.27. The SMILES string of the molecule is CC(C)(C)OC(=O)N(CCc1cccc(CO)c1)S(=O)(=O)c1ccc(Cl)cc1. The number of ether oxygens (including phenoxy) is 1. The van der Waals surface area contributed by atoms with Gasteiger partial charge in [0.2, 0.25) is 0 Å². The van der Waals surface area contributed by atoms with Crippen LogP contribution in [0.2, 0.25) is 5.02 Å². The summed E-state index contributed by atoms with van der Waals surface area (Å²) in [6, 6.07) is 12.7. The average molecular weight is 426 g/mol. The Labute approximate surface area is 170 Å². The van der Waals surface area contributed by atoms with Crippen molar-refractivity contribution in [1.82, 2.24) is 4.31 Å². The van der Waals surface area contributed by atoms with Gasteiger partial charge in [0.25, 0.3) is 10.0 Å². The molecule has 1 N–H and O–H groups in total. The molecule has 0 atom stereocenters. The second-order valence-corrected chi connectivity index (χ2v) is 9.54. The molecule has 0 heterocycles. The number of halogens is 1. The van der Waals surface area contributed by atoms with E-state index in [1.165, 1.54) is 24.3 Å². The molecule has 2 aromatic rings. The first-order valence-corrected chi connectivity index (χ1v) is 10.5. The number of aliphatic hydroxyl groups excluding tert-OH is 1. The molecule has 0 spiro atoms. The van der Waals surface area contributed by atoms with Crippen LogP contribution >= 0.6 is 11.6 Å². The Bertz CT molecular complexity index is 920. The van der Waals surface area contributed by atoms with E-state index < -0.39 is 21.7 Å². The van der Waals surface area contributed by atoms with Gasteiger partial charge in [-0.15, -0.1) is 0 Å². The quantitative estimate of drug-likeness (QED) is 0.756. The lowest BCUT2D eigenvalue weighted by molar-refractivity contribution is 0.0392. The molecule has 0 aliphatic rings. The normalized spacial score (nSPS) is 11.9. The van der Waals surface area contributed by atoms with Crippen LogP contribution in [0.25, 0.3) is 0 Å². The van der Waals surface area contributed by atoms with Crippen molar-refractivity contribution >= 4 is 27.7 Å². The third kappa shape index (κ3) is 5.95. The first-order valence-electron chi connectivity index (χ1n) is 8.73. The minimum atomic E-state index is -4.12. The monoisotopic (exact) mass is 425 g/mol. The van der Waals surface area contributed by atoms with Crippen molar-refractivity contribution in [2.75, 3.05) is 6.54 Å². The molecule has 0 aromatic heterocycles. The number of sulfonamides is 1. The first kappa shape index (κ1) is 22.2. The number of carbonyl (C=O) groups excluding carboxylic acids is 1. The van der Waals surface area contributed by atoms with Crippen molar-refractivity contribution in [3.8, 4) is 0 Å². The standard InChI is InChI=1S/C20H24ClNO5S/c1-20(2,3)27-19(24)22(12-11-15-5-4-6-16(13-15)14-23)28(25,26)18-9-7-17(21)8-10-18/h4-10,13,23H,11-12,14H2,1-3H3. The molecule has 2 aromatic carbocycles. The van der Waals surface area contributed by atoms with Gasteiger partial charge in [-0.3, -0.25) is 0 Å². The molecule has 6 nitrogen and oxygen atoms in total. The maximum absolute atomic E-state index is 13.1. The van der Waals surface area contributed by atoms with E-state index in [9.17, 15) is 18.3 Å². The summed E-state index contributed by atoms with van der Waals surface area (Å²) in [6.07, 6.45) is -0.666. The number of amides is 1. The van der Waals surface area contributed by atoms with Gasteiger partial charge in [0.1, 0.15) is 5.60 Å². The van der Waals surface area contributed by atoms with Crippen LogP contribution in [0, 0.1) is 0 Å². The van der Waals surface area contributed by atoms with Crippen LogP contribution in [0.3, 0.4) is 0 Å². The van der Waals surface area contributed by atoms with Crippen LogP contribution in [0.5, 0.6) is 0 Å². The molecule has 152 valence electrons. The highest BCUT2D eigenvalue weighted by molar-refractivity contribution is 7.89. The van der Waals surface area contributed by atoms with E-state index in [2.05, 4.69) is 0 Å². The highest BCUT2D eigenvalue weighted by Gasteiger charge is 2.32. The minimum absolute atomic E-state index is 0.0492. The molecular weight excluding hydrogens is 402 g/mol. The zero-order chi connectivity index (χ0) is 20.9. The van der Waals surface area contributed by atoms with Crippen molar-refractivity contribution in [2.24, 2.45) is 0 Å². The minimum Gasteiger partial charge on any atom is -0.443 e. The van der Waals surface area contributed by atoms with Crippen molar-refractivity contribution in [3.63, 3.8) is 0 Å². The molecular formula is C20H24ClNO5S. The topological polar surface area (TPSA) is 83.9 Å². The summed E-state index contributed by atoms with van der Waals surface area (Å²) < 4.78 is 32.2. The zero-order valence-electron chi connectivity index (χ0n) is 16.1. The largest absolute Gasteiger partial charge is 0.443 e. The Kier molecular flexibility index (Phi) is 7.09. The summed E-state index contributed by atoms with van der Waals surface area (Å²) in [6.45, 7) is 4.79. The molecule has 0 aliphatic carbocycles. The molecule has 0 aliphatic heterocycles. The number of rotatable bonds is 6. The maximum atomic E-state index is 13.1. The predicted molar refractivity (Wildman–Crippen MR) is 108 cm³/mol. The smallest absolute Gasteiger partial charge is 0.424 e. The van der Waals surface area contributed by atoms with E-state index >= 15 is 0 Å². The highest BCUT2D eigenvalue weighted by Crippen LogP contribution is 2.22. The summed E-state index contributed by atoms with van der Waals surface area (Å²) in [5.74, 6) is 0. The molecule has 1 amide bonds. The lowest BCUT2D eigenvalue weighted by atomic mass is 10.1. The van der Waals surface area contributed by atoms with Crippen molar-refractivity contribution in [1.29, 1.82) is 0 Å². The van der Waals surface area contributed by atoms with E-state index in [-0.39, 0.29) is 24.5 Å². The highest BCUT2D eigenvalue weighted by atomic mass is 35.5. The summed E-state index contributed by atoms with van der Waals surface area (Å²) in [5.41, 5.74) is 0.662. The van der Waals surface area contributed by atoms with Gasteiger partial charge in [-0.1, -0.05) is 35.9 Å². The number of aliphatic hydroxyl groups is 1. The van der Waals surface area contributed by atoms with E-state index in [1.54, 1.807) is 45.0 Å². The maximum Gasteiger partial charge on any atom is 0.424 e. The molecule has 0 unspecified atom stereocenters. The van der Waals surface area contributed by atoms with Crippen LogP contribution < -0.4 is 0 Å². The van der Waals surface area contributed by atoms with Gasteiger partial charge in [0.05, 0.1) is 11.5 Å². The molecule has 2 rings (SSSR count). The molecule has 0 fully saturated rings. The number of carbonyl (C=O) groups is 1. The Morgan fingerprint density at radius 2 is 1.71 bits per heavy atom. The first-order chi connectivity index (χ1) is 13.0. The molecule has 0 saturated carbocycles. The van der Waals surface area contributed by atoms with Crippen molar-refractivity contribution in [2.45, 2.75) is 44.3 Å². The number of hydrogen-bond acceptors (Lipinski definition) is 5. The fraction of sp³-hybridized carbons (Fsp3) is 0.350. The van der Waals surface area contributed by atoms with Gasteiger partial charge in [-0.2, -0.15) is 0 Å². The Morgan fingerprint density at radius 1 is 1.11 bits per heavy atom. The molecule has 8 heteroatoms. The second kappa shape index (κ2) is 8.94. The predicted octanol–water partition coefficient (Wildman–Crippen LogP) is 4.00. The van der Waals surface area contributed by atoms with Crippen LogP contribution in [-0.4, -0.2) is 36.1 Å². The summed E-state index contributed by atoms with van der Waals surface area (Å²) in [7, 11) is -4.12. The van der Waals surface area contributed by atoms with Gasteiger partial charge < -0.3 is 9.84 Å². The van der Waals surface area contributed by atoms with Crippen molar-refractivity contribution in [3.05, 3.63) is 64.7 Å². The van der Waals surface area contributed by atoms with Crippen LogP contribution in [0.1, 0.15) is 31.9 Å². The third-order valence-electron chi connectivity index (χ3n) is 3.78. The van der Waals surface area contributed by atoms with Crippen molar-refractivity contribution < 1.29 is 23.1 Å². The third-order valence-corrected chi connectivity index (χ3v) is 5.81. The number of hydrogen-bond donors (Lipinski definition) is 1. The second-order valence-electron chi connectivity index (χ2n) is 7.24. The van der Waals surface area contributed by atoms with Gasteiger partial charge in [-0.05, 0) is 62.6 Å². The molecule has 28 heavy (non-hydrogen) atoms. The van der Waals surface area contributed by atoms with E-state index in [0.29, 0.717) is 10.6 Å². The summed E-state index contributed by atoms with van der Waals surface area (Å²) in [4.78, 5) is 12.6. The molecule has 0 saturated heterocycles. The Balaban J connectivity index is 2.33. The summed E-state index contributed by atoms with van der Waals surface area (Å²) >= 11 is 5.84. The lowest BCUT2D eigenvalue weighted by Crippen LogP contribution is -2.41. The van der Waals surface area contributed by atoms with E-state index in [1.807, 2.05) is 0 Å². The molecule has 0 radical (unpaired) electrons. The number of nitrogens with zero attached hydrogens (tertiary/aromatic N) is 1. The van der Waals surface area contributed by atoms with Crippen LogP contribution in [0.15, 0.2) is 53.4 Å². The summed E-state index contributed by atoms with van der Waals surface area (Å²) in [5, 5.41) is 9.66. The Hall–Kier alpha value is -2.09. The molecule has 0 bridgehead atoms. The van der Waals surface area contributed by atoms with Gasteiger partial charge in [0, 0.05) is 11.6 Å². The Morgan fingerprint density at radius 3 is 2.29 bits per heavy atom. The zero-order valence-corrected chi connectivity index (χ0v) is 17.6. The van der Waals surface area contributed by atoms with Crippen LogP contribution in [0.4, 0.5) is 4.79 Å². The van der Waals surface area contributed by atoms with E-state index in [4.69, 9.17) is 16.3 Å². The number of benzene rings is 2. The van der Waals surface area contributed by atoms with Gasteiger partial charge in [-0.25, -0.2) is 17.5 Å². The van der Waals surface area contributed by atoms with Gasteiger partial charge >= 0.3 is 6.09 Å². The van der Waals surface area contributed by atoms with Crippen LogP contribution in [-0.2, 0) is 27.8 Å². The van der Waals surface area contributed by atoms with E-state index in [0.717, 1.165) is 9.87 Å². The van der Waals surface area contributed by atoms with Gasteiger partial charge in [0.15, 0.2) is 0 Å².